The van der Waals surface area contributed by atoms with Crippen molar-refractivity contribution in [3.05, 3.63) is 83.4 Å². The van der Waals surface area contributed by atoms with Gasteiger partial charge in [-0.25, -0.2) is 4.79 Å². The van der Waals surface area contributed by atoms with Gasteiger partial charge in [0.25, 0.3) is 0 Å². The van der Waals surface area contributed by atoms with Gasteiger partial charge in [0, 0.05) is 23.4 Å². The van der Waals surface area contributed by atoms with Crippen LogP contribution in [0.2, 0.25) is 0 Å². The molecule has 3 aromatic carbocycles. The van der Waals surface area contributed by atoms with Crippen LogP contribution in [0.1, 0.15) is 43.4 Å². The number of phenolic OH excluding ortho intramolecular Hbond substituents is 1. The van der Waals surface area contributed by atoms with Crippen molar-refractivity contribution in [3.8, 4) is 5.75 Å². The summed E-state index contributed by atoms with van der Waals surface area (Å²) in [5.41, 5.74) is 12.7. The summed E-state index contributed by atoms with van der Waals surface area (Å²) < 4.78 is 5.14. The van der Waals surface area contributed by atoms with E-state index >= 15 is 0 Å². The quantitative estimate of drug-likeness (QED) is 0.113. The Kier molecular flexibility index (Phi) is 9.22. The van der Waals surface area contributed by atoms with Crippen LogP contribution in [0.25, 0.3) is 0 Å². The predicted molar refractivity (Wildman–Crippen MR) is 146 cm³/mol. The van der Waals surface area contributed by atoms with Crippen molar-refractivity contribution in [3.63, 3.8) is 0 Å². The van der Waals surface area contributed by atoms with E-state index in [4.69, 9.17) is 10.5 Å². The number of phenols is 1. The molecule has 0 saturated heterocycles. The third-order valence-corrected chi connectivity index (χ3v) is 5.62. The van der Waals surface area contributed by atoms with Gasteiger partial charge in [0.2, 0.25) is 0 Å². The average Bonchev–Trinajstić information content (AvgIpc) is 2.85. The van der Waals surface area contributed by atoms with Gasteiger partial charge in [-0.15, -0.1) is 10.2 Å². The van der Waals surface area contributed by atoms with Crippen LogP contribution in [-0.2, 0) is 22.4 Å². The van der Waals surface area contributed by atoms with Gasteiger partial charge >= 0.3 is 5.97 Å². The first-order valence-corrected chi connectivity index (χ1v) is 12.1. The first-order valence-electron chi connectivity index (χ1n) is 12.1. The summed E-state index contributed by atoms with van der Waals surface area (Å²) in [4.78, 5) is 11.5. The van der Waals surface area contributed by atoms with Gasteiger partial charge < -0.3 is 20.9 Å². The third kappa shape index (κ3) is 7.43. The van der Waals surface area contributed by atoms with Crippen LogP contribution in [0.15, 0.2) is 77.0 Å². The smallest absolute Gasteiger partial charge is 0.333 e. The lowest BCUT2D eigenvalue weighted by atomic mass is 10.0. The Morgan fingerprint density at radius 1 is 1.03 bits per heavy atom. The molecule has 0 unspecified atom stereocenters. The zero-order valence-electron chi connectivity index (χ0n) is 21.2. The van der Waals surface area contributed by atoms with E-state index in [1.165, 1.54) is 0 Å². The molecular formula is C29H34N4O3. The maximum Gasteiger partial charge on any atom is 0.333 e. The number of nitrogens with one attached hydrogen (secondary N) is 1. The number of ether oxygens (including phenoxy) is 1. The molecule has 0 amide bonds. The van der Waals surface area contributed by atoms with Gasteiger partial charge in [0.05, 0.1) is 12.3 Å². The number of aromatic hydroxyl groups is 1. The number of azo groups is 1. The second-order valence-electron chi connectivity index (χ2n) is 8.86. The van der Waals surface area contributed by atoms with Crippen LogP contribution in [0, 0.1) is 6.92 Å². The van der Waals surface area contributed by atoms with E-state index in [2.05, 4.69) is 29.0 Å². The fourth-order valence-electron chi connectivity index (χ4n) is 3.60. The maximum atomic E-state index is 11.5. The van der Waals surface area contributed by atoms with E-state index in [-0.39, 0.29) is 11.7 Å². The Labute approximate surface area is 212 Å². The Morgan fingerprint density at radius 2 is 1.72 bits per heavy atom. The van der Waals surface area contributed by atoms with E-state index < -0.39 is 0 Å². The van der Waals surface area contributed by atoms with Gasteiger partial charge in [-0.1, -0.05) is 38.1 Å². The van der Waals surface area contributed by atoms with Crippen molar-refractivity contribution < 1.29 is 14.6 Å². The van der Waals surface area contributed by atoms with Gasteiger partial charge in [-0.3, -0.25) is 0 Å². The van der Waals surface area contributed by atoms with Crippen LogP contribution in [-0.4, -0.2) is 17.7 Å². The topological polar surface area (TPSA) is 109 Å². The zero-order chi connectivity index (χ0) is 26.1. The minimum Gasteiger partial charge on any atom is -0.505 e. The lowest BCUT2D eigenvalue weighted by Crippen LogP contribution is -2.07. The average molecular weight is 487 g/mol. The van der Waals surface area contributed by atoms with Crippen LogP contribution in [0.3, 0.4) is 0 Å². The van der Waals surface area contributed by atoms with Crippen LogP contribution in [0.4, 0.5) is 28.4 Å². The number of nitrogens with two attached hydrogens (primary N) is 1. The molecule has 4 N–H and O–H groups in total. The summed E-state index contributed by atoms with van der Waals surface area (Å²) in [5, 5.41) is 22.5. The number of rotatable bonds is 11. The molecule has 0 aliphatic rings. The molecule has 0 spiro atoms. The van der Waals surface area contributed by atoms with Gasteiger partial charge in [0.1, 0.15) is 17.1 Å². The number of aryl methyl sites for hydroxylation is 2. The fraction of sp³-hybridized carbons (Fsp3) is 0.276. The van der Waals surface area contributed by atoms with Crippen LogP contribution < -0.4 is 11.1 Å². The van der Waals surface area contributed by atoms with Crippen molar-refractivity contribution in [2.75, 3.05) is 17.7 Å². The summed E-state index contributed by atoms with van der Waals surface area (Å²) >= 11 is 0. The highest BCUT2D eigenvalue weighted by Gasteiger charge is 2.09. The largest absolute Gasteiger partial charge is 0.505 e. The summed E-state index contributed by atoms with van der Waals surface area (Å²) in [6.07, 6.45) is 3.49. The normalized spacial score (nSPS) is 11.0. The standard InChI is InChI=1S/C29H34N4O3/c1-5-6-7-22-16-20(4)17-27(28(22)34)33-32-26-13-12-24(18-25(26)30)31-23-10-8-21(9-11-23)14-15-36-29(35)19(2)3/h8-13,16-18,31,34H,2,5-7,14-15,30H2,1,3-4H3. The number of carbonyl (C=O) groups excluding carboxylic acids is 1. The zero-order valence-corrected chi connectivity index (χ0v) is 21.2. The van der Waals surface area contributed by atoms with Crippen molar-refractivity contribution in [1.82, 2.24) is 0 Å². The lowest BCUT2D eigenvalue weighted by molar-refractivity contribution is -0.138. The van der Waals surface area contributed by atoms with E-state index in [1.54, 1.807) is 19.1 Å². The molecule has 7 nitrogen and oxygen atoms in total. The first-order chi connectivity index (χ1) is 17.3. The second kappa shape index (κ2) is 12.5. The molecule has 3 rings (SSSR count). The molecule has 0 aliphatic carbocycles. The fourth-order valence-corrected chi connectivity index (χ4v) is 3.60. The monoisotopic (exact) mass is 486 g/mol. The number of anilines is 3. The number of nitrogens with zero attached hydrogens (tertiary/aromatic N) is 2. The third-order valence-electron chi connectivity index (χ3n) is 5.62. The number of hydrogen-bond acceptors (Lipinski definition) is 7. The van der Waals surface area contributed by atoms with Gasteiger partial charge in [-0.05, 0) is 79.8 Å². The Hall–Kier alpha value is -4.13. The lowest BCUT2D eigenvalue weighted by Gasteiger charge is -2.10. The van der Waals surface area contributed by atoms with E-state index in [9.17, 15) is 9.90 Å². The number of benzene rings is 3. The second-order valence-corrected chi connectivity index (χ2v) is 8.86. The molecule has 7 heteroatoms. The van der Waals surface area contributed by atoms with Crippen molar-refractivity contribution in [1.29, 1.82) is 0 Å². The molecule has 3 aromatic rings. The molecule has 0 bridgehead atoms. The number of esters is 1. The Bertz CT molecular complexity index is 1250. The molecule has 0 radical (unpaired) electrons. The van der Waals surface area contributed by atoms with Crippen LogP contribution >= 0.6 is 0 Å². The van der Waals surface area contributed by atoms with Crippen molar-refractivity contribution >= 4 is 34.4 Å². The van der Waals surface area contributed by atoms with E-state index in [0.717, 1.165) is 47.3 Å². The summed E-state index contributed by atoms with van der Waals surface area (Å²) in [6.45, 7) is 9.62. The Balaban J connectivity index is 1.63. The number of nitrogen functional groups attached to an aromatic ring is 1. The van der Waals surface area contributed by atoms with E-state index in [0.29, 0.717) is 35.7 Å². The summed E-state index contributed by atoms with van der Waals surface area (Å²) in [7, 11) is 0. The highest BCUT2D eigenvalue weighted by molar-refractivity contribution is 5.86. The van der Waals surface area contributed by atoms with Gasteiger partial charge in [-0.2, -0.15) is 0 Å². The number of carbonyl (C=O) groups is 1. The van der Waals surface area contributed by atoms with Crippen LogP contribution in [0.5, 0.6) is 5.75 Å². The van der Waals surface area contributed by atoms with Crippen molar-refractivity contribution in [2.24, 2.45) is 10.2 Å². The van der Waals surface area contributed by atoms with E-state index in [1.807, 2.05) is 49.4 Å². The molecule has 0 saturated carbocycles. The SMILES string of the molecule is C=C(C)C(=O)OCCc1ccc(Nc2ccc(N=Nc3cc(C)cc(CCCC)c3O)c(N)c2)cc1. The molecule has 36 heavy (non-hydrogen) atoms. The highest BCUT2D eigenvalue weighted by Crippen LogP contribution is 2.35. The molecule has 0 atom stereocenters. The molecule has 0 fully saturated rings. The number of hydrogen-bond donors (Lipinski definition) is 3. The minimum absolute atomic E-state index is 0.173. The molecule has 188 valence electrons. The predicted octanol–water partition coefficient (Wildman–Crippen LogP) is 7.45. The highest BCUT2D eigenvalue weighted by atomic mass is 16.5. The molecular weight excluding hydrogens is 452 g/mol. The van der Waals surface area contributed by atoms with Gasteiger partial charge in [0.15, 0.2) is 0 Å². The minimum atomic E-state index is -0.374. The molecule has 0 aromatic heterocycles. The molecule has 0 heterocycles. The molecule has 0 aliphatic heterocycles. The first kappa shape index (κ1) is 26.5. The van der Waals surface area contributed by atoms with Crippen molar-refractivity contribution in [2.45, 2.75) is 46.5 Å². The maximum absolute atomic E-state index is 11.5. The summed E-state index contributed by atoms with van der Waals surface area (Å²) in [6, 6.07) is 17.1. The Morgan fingerprint density at radius 3 is 2.39 bits per heavy atom. The number of unbranched alkanes of at least 4 members (excludes halogenated alkanes) is 1. The summed E-state index contributed by atoms with van der Waals surface area (Å²) in [5.74, 6) is -0.201.